The average molecular weight is 863 g/mol. The lowest BCUT2D eigenvalue weighted by Gasteiger charge is -2.18. The van der Waals surface area contributed by atoms with Gasteiger partial charge in [-0.1, -0.05) is 272 Å². The third-order valence-electron chi connectivity index (χ3n) is 12.5. The summed E-state index contributed by atoms with van der Waals surface area (Å²) in [7, 11) is 0. The minimum atomic E-state index is -0.761. The molecule has 0 aromatic rings. The van der Waals surface area contributed by atoms with Gasteiger partial charge in [0.25, 0.3) is 0 Å². The highest BCUT2D eigenvalue weighted by Crippen LogP contribution is 2.17. The Hall–Kier alpha value is -1.59. The molecule has 0 radical (unpaired) electrons. The number of carbonyl (C=O) groups excluding carboxylic acids is 3. The van der Waals surface area contributed by atoms with Gasteiger partial charge in [-0.2, -0.15) is 0 Å². The lowest BCUT2D eigenvalue weighted by atomic mass is 10.0. The van der Waals surface area contributed by atoms with E-state index in [0.29, 0.717) is 19.3 Å². The van der Waals surface area contributed by atoms with Crippen LogP contribution in [0.15, 0.2) is 0 Å². The molecule has 0 amide bonds. The van der Waals surface area contributed by atoms with E-state index in [0.717, 1.165) is 63.7 Å². The smallest absolute Gasteiger partial charge is 0.306 e. The molecule has 6 nitrogen and oxygen atoms in total. The molecule has 0 aliphatic rings. The van der Waals surface area contributed by atoms with E-state index in [2.05, 4.69) is 27.7 Å². The van der Waals surface area contributed by atoms with Gasteiger partial charge in [-0.3, -0.25) is 14.4 Å². The lowest BCUT2D eigenvalue weighted by molar-refractivity contribution is -0.167. The summed E-state index contributed by atoms with van der Waals surface area (Å²) in [6.07, 6.45) is 52.3. The second-order valence-corrected chi connectivity index (χ2v) is 19.3. The fraction of sp³-hybridized carbons (Fsp3) is 0.945. The summed E-state index contributed by atoms with van der Waals surface area (Å²) in [5.74, 6) is -0.0329. The molecule has 0 bridgehead atoms. The highest BCUT2D eigenvalue weighted by molar-refractivity contribution is 5.71. The maximum atomic E-state index is 12.8. The molecule has 0 rings (SSSR count). The Morgan fingerprint density at radius 1 is 0.311 bits per heavy atom. The first-order valence-corrected chi connectivity index (χ1v) is 27.4. The van der Waals surface area contributed by atoms with Gasteiger partial charge in [0.15, 0.2) is 6.10 Å². The summed E-state index contributed by atoms with van der Waals surface area (Å²) in [4.78, 5) is 38.0. The molecule has 0 saturated carbocycles. The summed E-state index contributed by atoms with van der Waals surface area (Å²) in [6, 6.07) is 0. The second-order valence-electron chi connectivity index (χ2n) is 19.3. The monoisotopic (exact) mass is 863 g/mol. The van der Waals surface area contributed by atoms with E-state index in [4.69, 9.17) is 14.2 Å². The summed E-state index contributed by atoms with van der Waals surface area (Å²) in [5.41, 5.74) is 0. The molecule has 0 aromatic carbocycles. The zero-order valence-corrected chi connectivity index (χ0v) is 41.6. The van der Waals surface area contributed by atoms with Crippen LogP contribution in [0.5, 0.6) is 0 Å². The summed E-state index contributed by atoms with van der Waals surface area (Å²) in [6.45, 7) is 9.02. The summed E-state index contributed by atoms with van der Waals surface area (Å²) in [5, 5.41) is 0. The largest absolute Gasteiger partial charge is 0.462 e. The topological polar surface area (TPSA) is 78.9 Å². The zero-order chi connectivity index (χ0) is 44.5. The number of carbonyl (C=O) groups is 3. The Labute approximate surface area is 380 Å². The van der Waals surface area contributed by atoms with E-state index < -0.39 is 6.10 Å². The van der Waals surface area contributed by atoms with Crippen LogP contribution in [-0.4, -0.2) is 37.2 Å². The van der Waals surface area contributed by atoms with Crippen LogP contribution in [0, 0.1) is 5.92 Å². The van der Waals surface area contributed by atoms with Crippen molar-refractivity contribution in [2.24, 2.45) is 5.92 Å². The highest BCUT2D eigenvalue weighted by Gasteiger charge is 2.19. The maximum absolute atomic E-state index is 12.8. The van der Waals surface area contributed by atoms with Crippen molar-refractivity contribution in [2.75, 3.05) is 13.2 Å². The Balaban J connectivity index is 4.28. The molecule has 0 N–H and O–H groups in total. The number of rotatable bonds is 50. The van der Waals surface area contributed by atoms with Crippen LogP contribution in [0.3, 0.4) is 0 Å². The van der Waals surface area contributed by atoms with Crippen LogP contribution < -0.4 is 0 Å². The van der Waals surface area contributed by atoms with Gasteiger partial charge >= 0.3 is 17.9 Å². The zero-order valence-electron chi connectivity index (χ0n) is 41.6. The number of unbranched alkanes of at least 4 members (excludes halogenated alkanes) is 37. The molecule has 0 fully saturated rings. The number of hydrogen-bond donors (Lipinski definition) is 0. The van der Waals surface area contributed by atoms with Crippen LogP contribution in [0.4, 0.5) is 0 Å². The maximum Gasteiger partial charge on any atom is 0.306 e. The van der Waals surface area contributed by atoms with Crippen LogP contribution in [0.1, 0.15) is 310 Å². The van der Waals surface area contributed by atoms with Crippen molar-refractivity contribution in [3.8, 4) is 0 Å². The molecule has 0 spiro atoms. The van der Waals surface area contributed by atoms with Gasteiger partial charge in [0.05, 0.1) is 0 Å². The molecule has 0 heterocycles. The van der Waals surface area contributed by atoms with E-state index >= 15 is 0 Å². The van der Waals surface area contributed by atoms with Gasteiger partial charge in [0.1, 0.15) is 13.2 Å². The van der Waals surface area contributed by atoms with Gasteiger partial charge in [0, 0.05) is 19.3 Å². The Morgan fingerprint density at radius 2 is 0.541 bits per heavy atom. The number of hydrogen-bond acceptors (Lipinski definition) is 6. The Bertz CT molecular complexity index is 918. The summed E-state index contributed by atoms with van der Waals surface area (Å²) >= 11 is 0. The minimum absolute atomic E-state index is 0.0626. The van der Waals surface area contributed by atoms with E-state index in [9.17, 15) is 14.4 Å². The van der Waals surface area contributed by atoms with E-state index in [1.165, 1.54) is 205 Å². The lowest BCUT2D eigenvalue weighted by Crippen LogP contribution is -2.30. The minimum Gasteiger partial charge on any atom is -0.462 e. The van der Waals surface area contributed by atoms with E-state index in [1.54, 1.807) is 0 Å². The molecule has 6 heteroatoms. The highest BCUT2D eigenvalue weighted by atomic mass is 16.6. The first-order valence-electron chi connectivity index (χ1n) is 27.4. The van der Waals surface area contributed by atoms with Crippen molar-refractivity contribution in [3.63, 3.8) is 0 Å². The fourth-order valence-electron chi connectivity index (χ4n) is 8.39. The predicted molar refractivity (Wildman–Crippen MR) is 261 cm³/mol. The molecule has 1 atom stereocenters. The van der Waals surface area contributed by atoms with E-state index in [1.807, 2.05) is 0 Å². The molecule has 362 valence electrons. The quantitative estimate of drug-likeness (QED) is 0.0344. The standard InChI is InChI=1S/C55H106O6/c1-5-7-9-11-13-15-17-19-20-21-22-23-25-27-31-36-40-44-48-55(58)61-52(50-60-54(57)47-43-39-35-32-28-29-33-37-41-45-51(3)4)49-59-53(56)46-42-38-34-30-26-24-18-16-14-12-10-8-6-2/h51-52H,5-50H2,1-4H3/t52-/m1/s1. The summed E-state index contributed by atoms with van der Waals surface area (Å²) < 4.78 is 16.8. The Morgan fingerprint density at radius 3 is 0.803 bits per heavy atom. The molecule has 0 unspecified atom stereocenters. The third kappa shape index (κ3) is 49.3. The van der Waals surface area contributed by atoms with Crippen molar-refractivity contribution in [2.45, 2.75) is 316 Å². The average Bonchev–Trinajstić information content (AvgIpc) is 3.24. The van der Waals surface area contributed by atoms with Gasteiger partial charge < -0.3 is 14.2 Å². The van der Waals surface area contributed by atoms with Crippen LogP contribution >= 0.6 is 0 Å². The van der Waals surface area contributed by atoms with Crippen LogP contribution in [-0.2, 0) is 28.6 Å². The first kappa shape index (κ1) is 59.4. The number of esters is 3. The molecule has 61 heavy (non-hydrogen) atoms. The van der Waals surface area contributed by atoms with Gasteiger partial charge in [-0.15, -0.1) is 0 Å². The van der Waals surface area contributed by atoms with Gasteiger partial charge in [0.2, 0.25) is 0 Å². The Kier molecular flexibility index (Phi) is 48.1. The van der Waals surface area contributed by atoms with Crippen molar-refractivity contribution < 1.29 is 28.6 Å². The molecule has 0 saturated heterocycles. The van der Waals surface area contributed by atoms with E-state index in [-0.39, 0.29) is 31.1 Å². The van der Waals surface area contributed by atoms with Crippen LogP contribution in [0.2, 0.25) is 0 Å². The van der Waals surface area contributed by atoms with Gasteiger partial charge in [-0.05, 0) is 25.2 Å². The molecular formula is C55H106O6. The van der Waals surface area contributed by atoms with Crippen LogP contribution in [0.25, 0.3) is 0 Å². The number of ether oxygens (including phenoxy) is 3. The van der Waals surface area contributed by atoms with Crippen molar-refractivity contribution in [1.29, 1.82) is 0 Å². The predicted octanol–water partition coefficient (Wildman–Crippen LogP) is 17.8. The SMILES string of the molecule is CCCCCCCCCCCCCCCCCCCCC(=O)O[C@H](COC(=O)CCCCCCCCCCCCCCC)COC(=O)CCCCCCCCCCCC(C)C. The normalized spacial score (nSPS) is 12.0. The second kappa shape index (κ2) is 49.4. The van der Waals surface area contributed by atoms with Crippen molar-refractivity contribution in [3.05, 3.63) is 0 Å². The molecule has 0 aliphatic carbocycles. The van der Waals surface area contributed by atoms with Crippen molar-refractivity contribution in [1.82, 2.24) is 0 Å². The molecule has 0 aromatic heterocycles. The first-order chi connectivity index (χ1) is 29.9. The molecular weight excluding hydrogens is 757 g/mol. The van der Waals surface area contributed by atoms with Crippen molar-refractivity contribution >= 4 is 17.9 Å². The molecule has 0 aliphatic heterocycles. The third-order valence-corrected chi connectivity index (χ3v) is 12.5. The van der Waals surface area contributed by atoms with Gasteiger partial charge in [-0.25, -0.2) is 0 Å². The fourth-order valence-corrected chi connectivity index (χ4v) is 8.39.